The molecular formula is C14H26N2O2. The third-order valence-corrected chi connectivity index (χ3v) is 3.31. The normalized spacial score (nSPS) is 17.9. The van der Waals surface area contributed by atoms with Gasteiger partial charge in [0.25, 0.3) is 0 Å². The van der Waals surface area contributed by atoms with Crippen molar-refractivity contribution in [2.75, 3.05) is 6.54 Å². The fourth-order valence-corrected chi connectivity index (χ4v) is 2.13. The number of carbonyl (C=O) groups is 2. The fraction of sp³-hybridized carbons (Fsp3) is 0.857. The molecule has 0 heterocycles. The molecule has 104 valence electrons. The van der Waals surface area contributed by atoms with Crippen molar-refractivity contribution in [3.05, 3.63) is 0 Å². The minimum Gasteiger partial charge on any atom is -0.352 e. The van der Waals surface area contributed by atoms with E-state index >= 15 is 0 Å². The topological polar surface area (TPSA) is 58.2 Å². The molecule has 1 fully saturated rings. The molecular weight excluding hydrogens is 228 g/mol. The number of hydrogen-bond donors (Lipinski definition) is 2. The summed E-state index contributed by atoms with van der Waals surface area (Å²) < 4.78 is 0. The average Bonchev–Trinajstić information content (AvgIpc) is 2.53. The van der Waals surface area contributed by atoms with Crippen LogP contribution in [0.3, 0.4) is 0 Å². The molecule has 1 rings (SSSR count). The third-order valence-electron chi connectivity index (χ3n) is 3.31. The van der Waals surface area contributed by atoms with Crippen molar-refractivity contribution in [1.82, 2.24) is 10.6 Å². The summed E-state index contributed by atoms with van der Waals surface area (Å²) in [7, 11) is 0. The van der Waals surface area contributed by atoms with Gasteiger partial charge in [0.15, 0.2) is 0 Å². The largest absolute Gasteiger partial charge is 0.352 e. The minimum atomic E-state index is -0.442. The molecule has 4 nitrogen and oxygen atoms in total. The maximum atomic E-state index is 11.7. The summed E-state index contributed by atoms with van der Waals surface area (Å²) in [6.07, 6.45) is 7.07. The lowest BCUT2D eigenvalue weighted by Crippen LogP contribution is -2.44. The van der Waals surface area contributed by atoms with Crippen molar-refractivity contribution >= 4 is 11.8 Å². The molecule has 0 radical (unpaired) electrons. The monoisotopic (exact) mass is 254 g/mol. The molecule has 0 spiro atoms. The van der Waals surface area contributed by atoms with E-state index in [1.807, 2.05) is 20.8 Å². The number of amides is 2. The molecule has 1 aliphatic carbocycles. The lowest BCUT2D eigenvalue weighted by molar-refractivity contribution is -0.131. The molecule has 0 unspecified atom stereocenters. The average molecular weight is 254 g/mol. The summed E-state index contributed by atoms with van der Waals surface area (Å²) in [6.45, 7) is 5.61. The first-order chi connectivity index (χ1) is 8.39. The molecule has 0 aliphatic heterocycles. The number of hydrogen-bond acceptors (Lipinski definition) is 2. The van der Waals surface area contributed by atoms with E-state index in [9.17, 15) is 9.59 Å². The van der Waals surface area contributed by atoms with Crippen molar-refractivity contribution in [2.45, 2.75) is 65.3 Å². The van der Waals surface area contributed by atoms with E-state index in [0.29, 0.717) is 6.04 Å². The van der Waals surface area contributed by atoms with Gasteiger partial charge in [-0.1, -0.05) is 46.5 Å². The minimum absolute atomic E-state index is 0.0699. The first-order valence-corrected chi connectivity index (χ1v) is 6.97. The Morgan fingerprint density at radius 1 is 1.06 bits per heavy atom. The lowest BCUT2D eigenvalue weighted by Gasteiger charge is -2.19. The summed E-state index contributed by atoms with van der Waals surface area (Å²) in [5, 5.41) is 5.69. The van der Waals surface area contributed by atoms with Crippen LogP contribution >= 0.6 is 0 Å². The van der Waals surface area contributed by atoms with Crippen LogP contribution in [0.15, 0.2) is 0 Å². The summed E-state index contributed by atoms with van der Waals surface area (Å²) in [4.78, 5) is 23.4. The van der Waals surface area contributed by atoms with Crippen molar-refractivity contribution in [3.63, 3.8) is 0 Å². The van der Waals surface area contributed by atoms with Crippen LogP contribution in [0.5, 0.6) is 0 Å². The molecule has 1 saturated carbocycles. The van der Waals surface area contributed by atoms with Gasteiger partial charge in [-0.05, 0) is 12.8 Å². The van der Waals surface area contributed by atoms with E-state index in [0.717, 1.165) is 12.8 Å². The van der Waals surface area contributed by atoms with Crippen LogP contribution in [0.25, 0.3) is 0 Å². The Balaban J connectivity index is 2.26. The zero-order valence-corrected chi connectivity index (χ0v) is 11.8. The summed E-state index contributed by atoms with van der Waals surface area (Å²) in [6, 6.07) is 0.298. The molecule has 0 aromatic heterocycles. The molecule has 1 aliphatic rings. The molecule has 0 aromatic carbocycles. The Morgan fingerprint density at radius 3 is 2.11 bits per heavy atom. The predicted molar refractivity (Wildman–Crippen MR) is 72.1 cm³/mol. The van der Waals surface area contributed by atoms with Crippen LogP contribution in [-0.4, -0.2) is 24.4 Å². The highest BCUT2D eigenvalue weighted by Gasteiger charge is 2.22. The zero-order chi connectivity index (χ0) is 13.6. The molecule has 0 aromatic rings. The molecule has 18 heavy (non-hydrogen) atoms. The summed E-state index contributed by atoms with van der Waals surface area (Å²) >= 11 is 0. The van der Waals surface area contributed by atoms with Crippen LogP contribution in [0.2, 0.25) is 0 Å². The quantitative estimate of drug-likeness (QED) is 0.757. The van der Waals surface area contributed by atoms with Gasteiger partial charge in [0, 0.05) is 11.5 Å². The van der Waals surface area contributed by atoms with E-state index < -0.39 is 5.41 Å². The summed E-state index contributed by atoms with van der Waals surface area (Å²) in [5.41, 5.74) is -0.442. The van der Waals surface area contributed by atoms with Gasteiger partial charge in [-0.15, -0.1) is 0 Å². The standard InChI is InChI=1S/C14H26N2O2/c1-14(2,3)13(18)15-10-12(17)16-11-8-6-4-5-7-9-11/h11H,4-10H2,1-3H3,(H,15,18)(H,16,17). The first-order valence-electron chi connectivity index (χ1n) is 6.97. The van der Waals surface area contributed by atoms with E-state index in [-0.39, 0.29) is 18.4 Å². The fourth-order valence-electron chi connectivity index (χ4n) is 2.13. The second kappa shape index (κ2) is 6.76. The summed E-state index contributed by atoms with van der Waals surface area (Å²) in [5.74, 6) is -0.155. The molecule has 0 bridgehead atoms. The zero-order valence-electron chi connectivity index (χ0n) is 11.8. The first kappa shape index (κ1) is 15.0. The Labute approximate surface area is 110 Å². The molecule has 4 heteroatoms. The number of carbonyl (C=O) groups excluding carboxylic acids is 2. The van der Waals surface area contributed by atoms with Crippen molar-refractivity contribution in [1.29, 1.82) is 0 Å². The molecule has 2 N–H and O–H groups in total. The number of nitrogens with one attached hydrogen (secondary N) is 2. The van der Waals surface area contributed by atoms with Gasteiger partial charge in [0.1, 0.15) is 0 Å². The van der Waals surface area contributed by atoms with Gasteiger partial charge < -0.3 is 10.6 Å². The van der Waals surface area contributed by atoms with Crippen LogP contribution in [-0.2, 0) is 9.59 Å². The second-order valence-corrected chi connectivity index (χ2v) is 6.19. The highest BCUT2D eigenvalue weighted by molar-refractivity contribution is 5.87. The van der Waals surface area contributed by atoms with Gasteiger partial charge in [0.2, 0.25) is 11.8 Å². The van der Waals surface area contributed by atoms with E-state index in [2.05, 4.69) is 10.6 Å². The Kier molecular flexibility index (Phi) is 5.63. The van der Waals surface area contributed by atoms with Crippen LogP contribution in [0.4, 0.5) is 0 Å². The van der Waals surface area contributed by atoms with Gasteiger partial charge in [-0.25, -0.2) is 0 Å². The van der Waals surface area contributed by atoms with E-state index in [1.54, 1.807) is 0 Å². The van der Waals surface area contributed by atoms with Crippen LogP contribution in [0.1, 0.15) is 59.3 Å². The van der Waals surface area contributed by atoms with Gasteiger partial charge in [0.05, 0.1) is 6.54 Å². The number of rotatable bonds is 3. The maximum absolute atomic E-state index is 11.7. The van der Waals surface area contributed by atoms with Gasteiger partial charge in [-0.3, -0.25) is 9.59 Å². The van der Waals surface area contributed by atoms with E-state index in [4.69, 9.17) is 0 Å². The van der Waals surface area contributed by atoms with Gasteiger partial charge >= 0.3 is 0 Å². The highest BCUT2D eigenvalue weighted by Crippen LogP contribution is 2.17. The van der Waals surface area contributed by atoms with Crippen molar-refractivity contribution in [3.8, 4) is 0 Å². The Bertz CT molecular complexity index is 287. The Morgan fingerprint density at radius 2 is 1.61 bits per heavy atom. The highest BCUT2D eigenvalue weighted by atomic mass is 16.2. The lowest BCUT2D eigenvalue weighted by atomic mass is 9.96. The van der Waals surface area contributed by atoms with Crippen molar-refractivity contribution in [2.24, 2.45) is 5.41 Å². The third kappa shape index (κ3) is 5.52. The van der Waals surface area contributed by atoms with Crippen molar-refractivity contribution < 1.29 is 9.59 Å². The predicted octanol–water partition coefficient (Wildman–Crippen LogP) is 1.99. The van der Waals surface area contributed by atoms with Crippen LogP contribution in [0, 0.1) is 5.41 Å². The van der Waals surface area contributed by atoms with E-state index in [1.165, 1.54) is 25.7 Å². The molecule has 2 amide bonds. The SMILES string of the molecule is CC(C)(C)C(=O)NCC(=O)NC1CCCCCC1. The Hall–Kier alpha value is -1.06. The maximum Gasteiger partial charge on any atom is 0.239 e. The van der Waals surface area contributed by atoms with Crippen LogP contribution < -0.4 is 10.6 Å². The smallest absolute Gasteiger partial charge is 0.239 e. The molecule has 0 atom stereocenters. The second-order valence-electron chi connectivity index (χ2n) is 6.19. The molecule has 0 saturated heterocycles. The van der Waals surface area contributed by atoms with Gasteiger partial charge in [-0.2, -0.15) is 0 Å².